The van der Waals surface area contributed by atoms with E-state index >= 15 is 0 Å². The maximum Gasteiger partial charge on any atom is 0.270 e. The number of oxazole rings is 1. The predicted molar refractivity (Wildman–Crippen MR) is 120 cm³/mol. The molecule has 0 radical (unpaired) electrons. The lowest BCUT2D eigenvalue weighted by Crippen LogP contribution is -2.46. The van der Waals surface area contributed by atoms with Gasteiger partial charge in [-0.05, 0) is 68.5 Å². The van der Waals surface area contributed by atoms with Crippen molar-refractivity contribution >= 4 is 28.0 Å². The van der Waals surface area contributed by atoms with Crippen LogP contribution in [0, 0.1) is 0 Å². The fourth-order valence-electron chi connectivity index (χ4n) is 4.70. The van der Waals surface area contributed by atoms with Gasteiger partial charge < -0.3 is 19.6 Å². The summed E-state index contributed by atoms with van der Waals surface area (Å²) in [7, 11) is 0. The van der Waals surface area contributed by atoms with Gasteiger partial charge in [0.15, 0.2) is 12.0 Å². The summed E-state index contributed by atoms with van der Waals surface area (Å²) in [5.41, 5.74) is 5.22. The highest BCUT2D eigenvalue weighted by Gasteiger charge is 2.30. The number of carbonyl (C=O) groups is 1. The number of fused-ring (bicyclic) bond motifs is 2. The maximum atomic E-state index is 13.3. The van der Waals surface area contributed by atoms with E-state index in [1.165, 1.54) is 12.0 Å². The molecular weight excluding hydrogens is 390 g/mol. The standard InChI is InChI=1S/C24H27N5O2/c1-2-29(24(30)22-13-21-19(28-22)7-4-10-25-21)18-6-3-5-17(12-18)26-14-16-8-9-20-23(11-16)31-15-27-20/h4,7-11,13,15,17-18,26,28H,2-3,5-6,12,14H2,1H3/t17-,18+/m1/s1. The smallest absolute Gasteiger partial charge is 0.270 e. The van der Waals surface area contributed by atoms with E-state index in [9.17, 15) is 4.79 Å². The lowest BCUT2D eigenvalue weighted by Gasteiger charge is -2.37. The quantitative estimate of drug-likeness (QED) is 0.489. The molecule has 4 aromatic rings. The summed E-state index contributed by atoms with van der Waals surface area (Å²) < 4.78 is 5.41. The fraction of sp³-hybridized carbons (Fsp3) is 0.375. The Morgan fingerprint density at radius 2 is 2.16 bits per heavy atom. The summed E-state index contributed by atoms with van der Waals surface area (Å²) in [6.45, 7) is 3.53. The van der Waals surface area contributed by atoms with Crippen molar-refractivity contribution in [2.24, 2.45) is 0 Å². The Hall–Kier alpha value is -3.19. The first kappa shape index (κ1) is 19.8. The molecule has 160 valence electrons. The van der Waals surface area contributed by atoms with Gasteiger partial charge in [-0.25, -0.2) is 4.98 Å². The van der Waals surface area contributed by atoms with E-state index in [2.05, 4.69) is 33.3 Å². The number of hydrogen-bond acceptors (Lipinski definition) is 5. The van der Waals surface area contributed by atoms with Crippen molar-refractivity contribution in [3.8, 4) is 0 Å². The summed E-state index contributed by atoms with van der Waals surface area (Å²) in [4.78, 5) is 27.0. The van der Waals surface area contributed by atoms with Crippen LogP contribution in [0.4, 0.5) is 0 Å². The summed E-state index contributed by atoms with van der Waals surface area (Å²) in [6.07, 6.45) is 7.47. The molecule has 1 saturated carbocycles. The van der Waals surface area contributed by atoms with Gasteiger partial charge in [-0.3, -0.25) is 9.78 Å². The molecule has 1 fully saturated rings. The number of aromatic amines is 1. The molecule has 0 saturated heterocycles. The van der Waals surface area contributed by atoms with Crippen LogP contribution in [0.2, 0.25) is 0 Å². The van der Waals surface area contributed by atoms with Crippen LogP contribution in [0.25, 0.3) is 22.1 Å². The zero-order chi connectivity index (χ0) is 21.2. The minimum Gasteiger partial charge on any atom is -0.443 e. The first-order valence-electron chi connectivity index (χ1n) is 11.0. The molecule has 5 rings (SSSR count). The van der Waals surface area contributed by atoms with E-state index in [0.717, 1.165) is 54.4 Å². The molecule has 3 heterocycles. The summed E-state index contributed by atoms with van der Waals surface area (Å²) in [5, 5.41) is 3.69. The number of nitrogens with zero attached hydrogens (tertiary/aromatic N) is 3. The number of benzene rings is 1. The first-order chi connectivity index (χ1) is 15.2. The molecule has 2 atom stereocenters. The Morgan fingerprint density at radius 1 is 1.23 bits per heavy atom. The van der Waals surface area contributed by atoms with Crippen molar-refractivity contribution in [1.82, 2.24) is 25.2 Å². The zero-order valence-electron chi connectivity index (χ0n) is 17.7. The van der Waals surface area contributed by atoms with Gasteiger partial charge in [0, 0.05) is 31.4 Å². The lowest BCUT2D eigenvalue weighted by molar-refractivity contribution is 0.0623. The van der Waals surface area contributed by atoms with Gasteiger partial charge in [0.2, 0.25) is 0 Å². The van der Waals surface area contributed by atoms with Gasteiger partial charge in [0.1, 0.15) is 11.2 Å². The SMILES string of the molecule is CCN(C(=O)c1cc2ncccc2[nH]1)[C@H]1CCC[C@@H](NCc2ccc3ncoc3c2)C1. The van der Waals surface area contributed by atoms with Crippen molar-refractivity contribution in [3.05, 3.63) is 60.2 Å². The van der Waals surface area contributed by atoms with E-state index in [1.807, 2.05) is 35.2 Å². The number of pyridine rings is 1. The minimum atomic E-state index is 0.0573. The second-order valence-electron chi connectivity index (χ2n) is 8.26. The third kappa shape index (κ3) is 4.05. The third-order valence-corrected chi connectivity index (χ3v) is 6.30. The second-order valence-corrected chi connectivity index (χ2v) is 8.26. The number of H-pyrrole nitrogens is 1. The Morgan fingerprint density at radius 3 is 3.03 bits per heavy atom. The van der Waals surface area contributed by atoms with Gasteiger partial charge in [-0.15, -0.1) is 0 Å². The van der Waals surface area contributed by atoms with Gasteiger partial charge >= 0.3 is 0 Å². The predicted octanol–water partition coefficient (Wildman–Crippen LogP) is 4.27. The van der Waals surface area contributed by atoms with E-state index in [0.29, 0.717) is 18.3 Å². The fourth-order valence-corrected chi connectivity index (χ4v) is 4.70. The normalized spacial score (nSPS) is 19.1. The molecule has 1 aliphatic carbocycles. The van der Waals surface area contributed by atoms with Crippen molar-refractivity contribution in [2.75, 3.05) is 6.54 Å². The highest BCUT2D eigenvalue weighted by Crippen LogP contribution is 2.26. The van der Waals surface area contributed by atoms with E-state index in [4.69, 9.17) is 4.42 Å². The van der Waals surface area contributed by atoms with Crippen LogP contribution in [-0.2, 0) is 6.54 Å². The van der Waals surface area contributed by atoms with Crippen LogP contribution in [-0.4, -0.2) is 44.4 Å². The number of nitrogens with one attached hydrogen (secondary N) is 2. The molecule has 7 nitrogen and oxygen atoms in total. The molecular formula is C24H27N5O2. The molecule has 7 heteroatoms. The van der Waals surface area contributed by atoms with Crippen LogP contribution >= 0.6 is 0 Å². The number of rotatable bonds is 6. The molecule has 1 aliphatic rings. The summed E-state index contributed by atoms with van der Waals surface area (Å²) in [5.74, 6) is 0.0573. The second kappa shape index (κ2) is 8.51. The molecule has 1 aromatic carbocycles. The van der Waals surface area contributed by atoms with Crippen molar-refractivity contribution in [1.29, 1.82) is 0 Å². The number of amides is 1. The zero-order valence-corrected chi connectivity index (χ0v) is 17.7. The van der Waals surface area contributed by atoms with Gasteiger partial charge in [0.05, 0.1) is 11.0 Å². The van der Waals surface area contributed by atoms with Crippen molar-refractivity contribution < 1.29 is 9.21 Å². The molecule has 3 aromatic heterocycles. The monoisotopic (exact) mass is 417 g/mol. The largest absolute Gasteiger partial charge is 0.443 e. The van der Waals surface area contributed by atoms with Crippen molar-refractivity contribution in [3.63, 3.8) is 0 Å². The maximum absolute atomic E-state index is 13.3. The molecule has 31 heavy (non-hydrogen) atoms. The van der Waals surface area contributed by atoms with Crippen LogP contribution in [0.3, 0.4) is 0 Å². The Labute approximate surface area is 180 Å². The van der Waals surface area contributed by atoms with E-state index < -0.39 is 0 Å². The Balaban J connectivity index is 1.25. The highest BCUT2D eigenvalue weighted by atomic mass is 16.3. The Kier molecular flexibility index (Phi) is 5.42. The van der Waals surface area contributed by atoms with Crippen LogP contribution in [0.5, 0.6) is 0 Å². The number of aromatic nitrogens is 3. The van der Waals surface area contributed by atoms with Crippen LogP contribution in [0.15, 0.2) is 53.4 Å². The van der Waals surface area contributed by atoms with Crippen LogP contribution in [0.1, 0.15) is 48.7 Å². The lowest BCUT2D eigenvalue weighted by atomic mass is 9.89. The summed E-state index contributed by atoms with van der Waals surface area (Å²) >= 11 is 0. The third-order valence-electron chi connectivity index (χ3n) is 6.30. The molecule has 0 aliphatic heterocycles. The highest BCUT2D eigenvalue weighted by molar-refractivity contribution is 5.97. The van der Waals surface area contributed by atoms with Crippen LogP contribution < -0.4 is 5.32 Å². The molecule has 0 spiro atoms. The van der Waals surface area contributed by atoms with Gasteiger partial charge in [-0.1, -0.05) is 6.07 Å². The van der Waals surface area contributed by atoms with Gasteiger partial charge in [-0.2, -0.15) is 0 Å². The van der Waals surface area contributed by atoms with E-state index in [-0.39, 0.29) is 11.9 Å². The average Bonchev–Trinajstić information content (AvgIpc) is 3.45. The molecule has 2 N–H and O–H groups in total. The number of hydrogen-bond donors (Lipinski definition) is 2. The Bertz CT molecular complexity index is 1160. The topological polar surface area (TPSA) is 87.0 Å². The van der Waals surface area contributed by atoms with Gasteiger partial charge in [0.25, 0.3) is 5.91 Å². The summed E-state index contributed by atoms with van der Waals surface area (Å²) in [6, 6.07) is 12.4. The van der Waals surface area contributed by atoms with E-state index in [1.54, 1.807) is 6.20 Å². The average molecular weight is 418 g/mol. The van der Waals surface area contributed by atoms with Crippen molar-refractivity contribution in [2.45, 2.75) is 51.2 Å². The molecule has 0 bridgehead atoms. The molecule has 0 unspecified atom stereocenters. The minimum absolute atomic E-state index is 0.0573. The molecule has 1 amide bonds. The number of carbonyl (C=O) groups excluding carboxylic acids is 1. The first-order valence-corrected chi connectivity index (χ1v) is 11.0.